The summed E-state index contributed by atoms with van der Waals surface area (Å²) in [6.07, 6.45) is 5.17. The molecule has 0 unspecified atom stereocenters. The number of aromatic amines is 1. The molecule has 184 valence electrons. The number of rotatable bonds is 8. The number of carbonyl (C=O) groups is 1. The first kappa shape index (κ1) is 22.8. The van der Waals surface area contributed by atoms with Crippen molar-refractivity contribution in [1.29, 1.82) is 0 Å². The quantitative estimate of drug-likeness (QED) is 0.291. The molecule has 3 aromatic heterocycles. The van der Waals surface area contributed by atoms with E-state index in [2.05, 4.69) is 30.2 Å². The summed E-state index contributed by atoms with van der Waals surface area (Å²) in [6, 6.07) is 13.7. The van der Waals surface area contributed by atoms with Crippen LogP contribution in [0.5, 0.6) is 0 Å². The van der Waals surface area contributed by atoms with Crippen LogP contribution in [0, 0.1) is 12.3 Å². The molecule has 2 aliphatic heterocycles. The van der Waals surface area contributed by atoms with Gasteiger partial charge in [-0.25, -0.2) is 9.78 Å². The normalized spacial score (nSPS) is 16.6. The average molecular weight is 483 g/mol. The first-order valence-electron chi connectivity index (χ1n) is 12.6. The number of hydrogen-bond donors (Lipinski definition) is 2. The van der Waals surface area contributed by atoms with Crippen LogP contribution < -0.4 is 5.32 Å². The minimum absolute atomic E-state index is 0.331. The molecule has 36 heavy (non-hydrogen) atoms. The molecule has 0 atom stereocenters. The molecule has 0 bridgehead atoms. The number of H-pyrrole nitrogens is 1. The number of hydrogen-bond acceptors (Lipinski definition) is 7. The minimum atomic E-state index is -0.331. The summed E-state index contributed by atoms with van der Waals surface area (Å²) in [4.78, 5) is 32.0. The number of nitrogens with zero attached hydrogens (tertiary/aromatic N) is 4. The van der Waals surface area contributed by atoms with E-state index in [0.717, 1.165) is 71.7 Å². The molecule has 2 N–H and O–H groups in total. The molecule has 2 aliphatic rings. The largest absolute Gasteiger partial charge is 0.462 e. The number of fused-ring (bicyclic) bond motifs is 1. The van der Waals surface area contributed by atoms with Crippen LogP contribution in [0.4, 0.5) is 0 Å². The van der Waals surface area contributed by atoms with Gasteiger partial charge in [-0.05, 0) is 56.6 Å². The van der Waals surface area contributed by atoms with Crippen LogP contribution in [0.15, 0.2) is 55.0 Å². The predicted molar refractivity (Wildman–Crippen MR) is 139 cm³/mol. The molecule has 0 aliphatic carbocycles. The van der Waals surface area contributed by atoms with Gasteiger partial charge in [-0.1, -0.05) is 12.1 Å². The third-order valence-corrected chi connectivity index (χ3v) is 7.19. The molecule has 0 amide bonds. The summed E-state index contributed by atoms with van der Waals surface area (Å²) in [7, 11) is 0. The zero-order valence-corrected chi connectivity index (χ0v) is 20.5. The van der Waals surface area contributed by atoms with Crippen LogP contribution in [-0.4, -0.2) is 70.1 Å². The van der Waals surface area contributed by atoms with Gasteiger partial charge in [0, 0.05) is 54.4 Å². The Labute approximate surface area is 210 Å². The number of aromatic nitrogens is 4. The van der Waals surface area contributed by atoms with Gasteiger partial charge in [-0.15, -0.1) is 0 Å². The summed E-state index contributed by atoms with van der Waals surface area (Å²) in [5.74, 6) is -0.331. The molecule has 4 aromatic rings. The van der Waals surface area contributed by atoms with Gasteiger partial charge < -0.3 is 19.9 Å². The highest BCUT2D eigenvalue weighted by Gasteiger charge is 2.46. The van der Waals surface area contributed by atoms with Crippen LogP contribution >= 0.6 is 0 Å². The zero-order chi connectivity index (χ0) is 24.5. The number of aryl methyl sites for hydroxylation is 1. The van der Waals surface area contributed by atoms with Crippen molar-refractivity contribution in [3.05, 3.63) is 66.2 Å². The van der Waals surface area contributed by atoms with Gasteiger partial charge in [0.25, 0.3) is 0 Å². The molecule has 0 radical (unpaired) electrons. The number of likely N-dealkylation sites (tertiary alicyclic amines) is 1. The molecule has 1 aromatic carbocycles. The van der Waals surface area contributed by atoms with Gasteiger partial charge >= 0.3 is 5.97 Å². The molecule has 6 rings (SSSR count). The zero-order valence-electron chi connectivity index (χ0n) is 20.5. The van der Waals surface area contributed by atoms with Gasteiger partial charge in [-0.3, -0.25) is 9.97 Å². The number of carbonyl (C=O) groups excluding carboxylic acids is 1. The van der Waals surface area contributed by atoms with Crippen LogP contribution in [-0.2, 0) is 4.74 Å². The minimum Gasteiger partial charge on any atom is -0.462 e. The molecule has 0 saturated carbocycles. The number of esters is 1. The molecule has 2 fully saturated rings. The lowest BCUT2D eigenvalue weighted by atomic mass is 9.74. The van der Waals surface area contributed by atoms with E-state index in [0.29, 0.717) is 17.6 Å². The Morgan fingerprint density at radius 3 is 2.81 bits per heavy atom. The standard InChI is InChI=1S/C28H30N6O2/c1-19-5-4-6-24(33-19)26-25(31-18-32-26)20-7-8-23-21(11-20)12-22(13-30-23)27(35)36-10-3-2-9-34-16-28(17-34)14-29-15-28/h4-8,11-13,18,29H,2-3,9-10,14-17H2,1H3,(H,31,32). The fraction of sp³-hybridized carbons (Fsp3) is 0.357. The van der Waals surface area contributed by atoms with Crippen molar-refractivity contribution >= 4 is 16.9 Å². The highest BCUT2D eigenvalue weighted by molar-refractivity contribution is 5.95. The first-order valence-corrected chi connectivity index (χ1v) is 12.6. The lowest BCUT2D eigenvalue weighted by Gasteiger charge is -2.56. The lowest BCUT2D eigenvalue weighted by molar-refractivity contribution is -0.0402. The number of benzene rings is 1. The Morgan fingerprint density at radius 2 is 2.00 bits per heavy atom. The molecule has 1 spiro atoms. The smallest absolute Gasteiger partial charge is 0.339 e. The highest BCUT2D eigenvalue weighted by Crippen LogP contribution is 2.34. The monoisotopic (exact) mass is 482 g/mol. The molecular weight excluding hydrogens is 452 g/mol. The number of ether oxygens (including phenoxy) is 1. The fourth-order valence-corrected chi connectivity index (χ4v) is 5.23. The number of unbranched alkanes of at least 4 members (excludes halogenated alkanes) is 1. The van der Waals surface area contributed by atoms with Crippen molar-refractivity contribution in [2.45, 2.75) is 19.8 Å². The maximum atomic E-state index is 12.7. The van der Waals surface area contributed by atoms with E-state index in [1.165, 1.54) is 13.1 Å². The molecule has 5 heterocycles. The van der Waals surface area contributed by atoms with Crippen molar-refractivity contribution < 1.29 is 9.53 Å². The van der Waals surface area contributed by atoms with Crippen molar-refractivity contribution in [3.8, 4) is 22.6 Å². The second-order valence-electron chi connectivity index (χ2n) is 10.1. The van der Waals surface area contributed by atoms with Crippen molar-refractivity contribution in [1.82, 2.24) is 30.2 Å². The summed E-state index contributed by atoms with van der Waals surface area (Å²) in [5.41, 5.74) is 6.22. The van der Waals surface area contributed by atoms with E-state index in [1.54, 1.807) is 12.5 Å². The maximum absolute atomic E-state index is 12.7. The van der Waals surface area contributed by atoms with E-state index in [-0.39, 0.29) is 5.97 Å². The van der Waals surface area contributed by atoms with Crippen LogP contribution in [0.2, 0.25) is 0 Å². The lowest BCUT2D eigenvalue weighted by Crippen LogP contribution is -2.70. The van der Waals surface area contributed by atoms with E-state index < -0.39 is 0 Å². The van der Waals surface area contributed by atoms with Crippen LogP contribution in [0.3, 0.4) is 0 Å². The third kappa shape index (κ3) is 4.50. The SMILES string of the molecule is Cc1cccc(-c2[nH]cnc2-c2ccc3ncc(C(=O)OCCCCN4CC5(CNC5)C4)cc3c2)n1. The van der Waals surface area contributed by atoms with Crippen LogP contribution in [0.1, 0.15) is 28.9 Å². The first-order chi connectivity index (χ1) is 17.6. The Kier molecular flexibility index (Phi) is 5.99. The number of nitrogens with one attached hydrogen (secondary N) is 2. The van der Waals surface area contributed by atoms with Crippen molar-refractivity contribution in [3.63, 3.8) is 0 Å². The van der Waals surface area contributed by atoms with Gasteiger partial charge in [-0.2, -0.15) is 0 Å². The number of pyridine rings is 2. The maximum Gasteiger partial charge on any atom is 0.339 e. The van der Waals surface area contributed by atoms with Crippen molar-refractivity contribution in [2.24, 2.45) is 5.41 Å². The van der Waals surface area contributed by atoms with Gasteiger partial charge in [0.1, 0.15) is 0 Å². The highest BCUT2D eigenvalue weighted by atomic mass is 16.5. The van der Waals surface area contributed by atoms with E-state index in [1.807, 2.05) is 49.4 Å². The molecule has 8 nitrogen and oxygen atoms in total. The Hall–Kier alpha value is -3.62. The van der Waals surface area contributed by atoms with Gasteiger partial charge in [0.2, 0.25) is 0 Å². The van der Waals surface area contributed by atoms with E-state index >= 15 is 0 Å². The van der Waals surface area contributed by atoms with Gasteiger partial charge in [0.15, 0.2) is 0 Å². The second kappa shape index (κ2) is 9.44. The Balaban J connectivity index is 1.09. The molecular formula is C28H30N6O2. The van der Waals surface area contributed by atoms with Crippen molar-refractivity contribution in [2.75, 3.05) is 39.3 Å². The summed E-state index contributed by atoms with van der Waals surface area (Å²) in [6.45, 7) is 8.20. The van der Waals surface area contributed by atoms with E-state index in [4.69, 9.17) is 4.74 Å². The Morgan fingerprint density at radius 1 is 1.11 bits per heavy atom. The second-order valence-corrected chi connectivity index (χ2v) is 10.1. The summed E-state index contributed by atoms with van der Waals surface area (Å²) >= 11 is 0. The third-order valence-electron chi connectivity index (χ3n) is 7.19. The summed E-state index contributed by atoms with van der Waals surface area (Å²) in [5, 5.41) is 4.23. The predicted octanol–water partition coefficient (Wildman–Crippen LogP) is 3.84. The molecule has 8 heteroatoms. The van der Waals surface area contributed by atoms with Gasteiger partial charge in [0.05, 0.1) is 41.1 Å². The van der Waals surface area contributed by atoms with E-state index in [9.17, 15) is 4.79 Å². The Bertz CT molecular complexity index is 1400. The number of imidazole rings is 1. The fourth-order valence-electron chi connectivity index (χ4n) is 5.23. The summed E-state index contributed by atoms with van der Waals surface area (Å²) < 4.78 is 5.54. The average Bonchev–Trinajstić information content (AvgIpc) is 3.33. The van der Waals surface area contributed by atoms with Crippen LogP contribution in [0.25, 0.3) is 33.5 Å². The molecule has 2 saturated heterocycles. The topological polar surface area (TPSA) is 96.0 Å².